The normalized spacial score (nSPS) is 9.83. The van der Waals surface area contributed by atoms with Crippen molar-refractivity contribution in [2.75, 3.05) is 5.32 Å². The summed E-state index contributed by atoms with van der Waals surface area (Å²) in [5.41, 5.74) is 0.301. The van der Waals surface area contributed by atoms with Gasteiger partial charge in [0.15, 0.2) is 0 Å². The van der Waals surface area contributed by atoms with Crippen molar-refractivity contribution in [2.24, 2.45) is 7.05 Å². The molecule has 0 aliphatic carbocycles. The number of aryl methyl sites for hydroxylation is 1. The van der Waals surface area contributed by atoms with E-state index in [9.17, 15) is 9.18 Å². The zero-order chi connectivity index (χ0) is 13.1. The lowest BCUT2D eigenvalue weighted by molar-refractivity contribution is 0.102. The summed E-state index contributed by atoms with van der Waals surface area (Å²) in [5.74, 6) is -0.901. The minimum absolute atomic E-state index is 0.0695. The number of hydrogen-bond donors (Lipinski definition) is 1. The fraction of sp³-hybridized carbons (Fsp3) is 0.0909. The van der Waals surface area contributed by atoms with E-state index in [0.29, 0.717) is 0 Å². The molecule has 0 aliphatic heterocycles. The van der Waals surface area contributed by atoms with E-state index < -0.39 is 11.7 Å². The second-order valence-electron chi connectivity index (χ2n) is 3.49. The predicted octanol–water partition coefficient (Wildman–Crippen LogP) is 1.08. The average Bonchev–Trinajstić information content (AvgIpc) is 2.70. The molecule has 0 atom stereocenters. The lowest BCUT2D eigenvalue weighted by atomic mass is 10.2. The van der Waals surface area contributed by atoms with Crippen LogP contribution >= 0.6 is 0 Å². The molecule has 0 spiro atoms. The predicted molar refractivity (Wildman–Crippen MR) is 60.1 cm³/mol. The van der Waals surface area contributed by atoms with Crippen molar-refractivity contribution in [3.05, 3.63) is 41.6 Å². The molecular weight excluding hydrogens is 237 g/mol. The quantitative estimate of drug-likeness (QED) is 0.858. The Bertz CT molecular complexity index is 643. The van der Waals surface area contributed by atoms with Gasteiger partial charge >= 0.3 is 0 Å². The summed E-state index contributed by atoms with van der Waals surface area (Å²) in [6.07, 6.45) is 3.57. The Morgan fingerprint density at radius 1 is 1.50 bits per heavy atom. The van der Waals surface area contributed by atoms with Crippen LogP contribution < -0.4 is 5.32 Å². The molecule has 7 heteroatoms. The largest absolute Gasteiger partial charge is 0.306 e. The third kappa shape index (κ3) is 2.17. The maximum atomic E-state index is 12.9. The molecule has 2 heterocycles. The molecular formula is C11H8FN5O. The van der Waals surface area contributed by atoms with Crippen LogP contribution in [0.2, 0.25) is 0 Å². The van der Waals surface area contributed by atoms with Gasteiger partial charge < -0.3 is 5.32 Å². The fourth-order valence-electron chi connectivity index (χ4n) is 1.38. The summed E-state index contributed by atoms with van der Waals surface area (Å²) in [7, 11) is 1.58. The molecule has 2 aromatic rings. The Labute approximate surface area is 102 Å². The first kappa shape index (κ1) is 11.7. The van der Waals surface area contributed by atoms with Crippen LogP contribution in [-0.4, -0.2) is 20.7 Å². The molecule has 90 valence electrons. The summed E-state index contributed by atoms with van der Waals surface area (Å²) in [6.45, 7) is 0. The Hall–Kier alpha value is -2.75. The van der Waals surface area contributed by atoms with Gasteiger partial charge in [0.25, 0.3) is 5.91 Å². The summed E-state index contributed by atoms with van der Waals surface area (Å²) < 4.78 is 14.3. The molecule has 0 fully saturated rings. The third-order valence-corrected chi connectivity index (χ3v) is 2.26. The van der Waals surface area contributed by atoms with Gasteiger partial charge in [-0.05, 0) is 6.07 Å². The second-order valence-corrected chi connectivity index (χ2v) is 3.49. The number of carbonyl (C=O) groups excluding carboxylic acids is 1. The maximum absolute atomic E-state index is 12.9. The molecule has 0 saturated heterocycles. The van der Waals surface area contributed by atoms with E-state index in [4.69, 9.17) is 5.26 Å². The lowest BCUT2D eigenvalue weighted by Gasteiger charge is -2.05. The van der Waals surface area contributed by atoms with Crippen LogP contribution in [0.5, 0.6) is 0 Å². The van der Waals surface area contributed by atoms with Gasteiger partial charge in [-0.15, -0.1) is 0 Å². The molecule has 1 amide bonds. The summed E-state index contributed by atoms with van der Waals surface area (Å²) in [5, 5.41) is 15.2. The number of anilines is 1. The fourth-order valence-corrected chi connectivity index (χ4v) is 1.38. The monoisotopic (exact) mass is 245 g/mol. The van der Waals surface area contributed by atoms with Gasteiger partial charge in [0.2, 0.25) is 0 Å². The van der Waals surface area contributed by atoms with Gasteiger partial charge in [-0.2, -0.15) is 10.4 Å². The van der Waals surface area contributed by atoms with Crippen LogP contribution in [-0.2, 0) is 7.05 Å². The second kappa shape index (κ2) is 4.63. The van der Waals surface area contributed by atoms with Crippen LogP contribution in [0, 0.1) is 17.1 Å². The van der Waals surface area contributed by atoms with Crippen molar-refractivity contribution < 1.29 is 9.18 Å². The van der Waals surface area contributed by atoms with Gasteiger partial charge in [-0.25, -0.2) is 4.39 Å². The molecule has 2 rings (SSSR count). The van der Waals surface area contributed by atoms with E-state index in [-0.39, 0.29) is 16.9 Å². The van der Waals surface area contributed by atoms with Gasteiger partial charge in [-0.1, -0.05) is 0 Å². The summed E-state index contributed by atoms with van der Waals surface area (Å²) in [6, 6.07) is 2.96. The zero-order valence-electron chi connectivity index (χ0n) is 9.38. The van der Waals surface area contributed by atoms with Crippen molar-refractivity contribution in [3.63, 3.8) is 0 Å². The molecule has 6 nitrogen and oxygen atoms in total. The van der Waals surface area contributed by atoms with E-state index >= 15 is 0 Å². The Morgan fingerprint density at radius 2 is 2.28 bits per heavy atom. The zero-order valence-corrected chi connectivity index (χ0v) is 9.38. The van der Waals surface area contributed by atoms with Crippen LogP contribution in [0.3, 0.4) is 0 Å². The number of pyridine rings is 1. The Morgan fingerprint density at radius 3 is 2.94 bits per heavy atom. The molecule has 0 unspecified atom stereocenters. The number of carbonyl (C=O) groups is 1. The molecule has 0 radical (unpaired) electrons. The minimum atomic E-state index is -0.604. The van der Waals surface area contributed by atoms with Gasteiger partial charge in [-0.3, -0.25) is 14.5 Å². The average molecular weight is 245 g/mol. The van der Waals surface area contributed by atoms with Crippen LogP contribution in [0.1, 0.15) is 15.9 Å². The molecule has 0 aromatic carbocycles. The molecule has 18 heavy (non-hydrogen) atoms. The molecule has 1 N–H and O–H groups in total. The Kier molecular flexibility index (Phi) is 3.02. The van der Waals surface area contributed by atoms with E-state index in [0.717, 1.165) is 12.3 Å². The number of halogens is 1. The minimum Gasteiger partial charge on any atom is -0.306 e. The molecule has 2 aromatic heterocycles. The SMILES string of the molecule is Cn1ncc(C#N)c1NC(=O)c1cncc(F)c1. The number of nitrogens with zero attached hydrogens (tertiary/aromatic N) is 4. The molecule has 0 bridgehead atoms. The number of aromatic nitrogens is 3. The molecule has 0 saturated carbocycles. The molecule has 0 aliphatic rings. The van der Waals surface area contributed by atoms with E-state index in [1.165, 1.54) is 17.1 Å². The topological polar surface area (TPSA) is 83.6 Å². The number of amides is 1. The summed E-state index contributed by atoms with van der Waals surface area (Å²) in [4.78, 5) is 15.4. The van der Waals surface area contributed by atoms with Crippen molar-refractivity contribution in [1.82, 2.24) is 14.8 Å². The first-order valence-corrected chi connectivity index (χ1v) is 4.96. The van der Waals surface area contributed by atoms with E-state index in [1.54, 1.807) is 7.05 Å². The van der Waals surface area contributed by atoms with Crippen molar-refractivity contribution in [2.45, 2.75) is 0 Å². The van der Waals surface area contributed by atoms with Crippen molar-refractivity contribution in [3.8, 4) is 6.07 Å². The highest BCUT2D eigenvalue weighted by atomic mass is 19.1. The van der Waals surface area contributed by atoms with Gasteiger partial charge in [0, 0.05) is 13.2 Å². The lowest BCUT2D eigenvalue weighted by Crippen LogP contribution is -2.15. The number of nitrogens with one attached hydrogen (secondary N) is 1. The van der Waals surface area contributed by atoms with Crippen LogP contribution in [0.4, 0.5) is 10.2 Å². The highest BCUT2D eigenvalue weighted by Crippen LogP contribution is 2.14. The first-order valence-electron chi connectivity index (χ1n) is 4.96. The number of rotatable bonds is 2. The van der Waals surface area contributed by atoms with E-state index in [2.05, 4.69) is 15.4 Å². The van der Waals surface area contributed by atoms with Gasteiger partial charge in [0.05, 0.1) is 18.0 Å². The van der Waals surface area contributed by atoms with E-state index in [1.807, 2.05) is 6.07 Å². The highest BCUT2D eigenvalue weighted by Gasteiger charge is 2.13. The standard InChI is InChI=1S/C11H8FN5O/c1-17-10(8(3-13)5-15-17)16-11(18)7-2-9(12)6-14-4-7/h2,4-6H,1H3,(H,16,18). The summed E-state index contributed by atoms with van der Waals surface area (Å²) >= 11 is 0. The smallest absolute Gasteiger partial charge is 0.258 e. The first-order chi connectivity index (χ1) is 8.61. The van der Waals surface area contributed by atoms with Crippen LogP contribution in [0.25, 0.3) is 0 Å². The van der Waals surface area contributed by atoms with Gasteiger partial charge in [0.1, 0.15) is 23.3 Å². The van der Waals surface area contributed by atoms with Crippen LogP contribution in [0.15, 0.2) is 24.7 Å². The number of hydrogen-bond acceptors (Lipinski definition) is 4. The third-order valence-electron chi connectivity index (χ3n) is 2.26. The maximum Gasteiger partial charge on any atom is 0.258 e. The number of nitriles is 1. The highest BCUT2D eigenvalue weighted by molar-refractivity contribution is 6.04. The van der Waals surface area contributed by atoms with Crippen molar-refractivity contribution in [1.29, 1.82) is 5.26 Å². The Balaban J connectivity index is 2.27. The van der Waals surface area contributed by atoms with Crippen molar-refractivity contribution >= 4 is 11.7 Å².